The summed E-state index contributed by atoms with van der Waals surface area (Å²) in [5.74, 6) is 1.60. The topological polar surface area (TPSA) is 31.4 Å². The molecule has 0 atom stereocenters. The van der Waals surface area contributed by atoms with Crippen LogP contribution < -0.4 is 9.47 Å². The molecule has 3 aromatic rings. The number of hydrogen-bond acceptors (Lipinski definition) is 4. The first-order chi connectivity index (χ1) is 9.35. The van der Waals surface area contributed by atoms with Crippen molar-refractivity contribution in [3.8, 4) is 21.9 Å². The standard InChI is InChI=1S/C15H13NO2S/c1-17-11-8-16-9-12-13(11)14(18-2)15(19-12)10-6-4-3-5-7-10/h3-9H,1-2H3. The van der Waals surface area contributed by atoms with Gasteiger partial charge in [0, 0.05) is 6.20 Å². The van der Waals surface area contributed by atoms with E-state index in [1.165, 1.54) is 0 Å². The SMILES string of the molecule is COc1cncc2sc(-c3ccccc3)c(OC)c12. The summed E-state index contributed by atoms with van der Waals surface area (Å²) in [5, 5.41) is 0.990. The Bertz CT molecular complexity index is 707. The van der Waals surface area contributed by atoms with Crippen molar-refractivity contribution in [1.29, 1.82) is 0 Å². The predicted molar refractivity (Wildman–Crippen MR) is 78.2 cm³/mol. The largest absolute Gasteiger partial charge is 0.494 e. The molecule has 96 valence electrons. The van der Waals surface area contributed by atoms with Crippen LogP contribution in [0.1, 0.15) is 0 Å². The Morgan fingerprint density at radius 1 is 1.00 bits per heavy atom. The highest BCUT2D eigenvalue weighted by Gasteiger charge is 2.18. The molecule has 3 nitrogen and oxygen atoms in total. The van der Waals surface area contributed by atoms with Gasteiger partial charge < -0.3 is 9.47 Å². The fourth-order valence-electron chi connectivity index (χ4n) is 2.12. The summed E-state index contributed by atoms with van der Waals surface area (Å²) in [6, 6.07) is 10.2. The minimum atomic E-state index is 0.743. The maximum Gasteiger partial charge on any atom is 0.149 e. The molecule has 0 bridgehead atoms. The van der Waals surface area contributed by atoms with Crippen molar-refractivity contribution in [3.63, 3.8) is 0 Å². The van der Waals surface area contributed by atoms with Crippen molar-refractivity contribution < 1.29 is 9.47 Å². The third-order valence-corrected chi connectivity index (χ3v) is 4.14. The number of hydrogen-bond donors (Lipinski definition) is 0. The van der Waals surface area contributed by atoms with Gasteiger partial charge in [0.05, 0.1) is 35.4 Å². The number of thiophene rings is 1. The Morgan fingerprint density at radius 2 is 1.79 bits per heavy atom. The van der Waals surface area contributed by atoms with Crippen LogP contribution in [-0.2, 0) is 0 Å². The summed E-state index contributed by atoms with van der Waals surface area (Å²) in [4.78, 5) is 5.30. The van der Waals surface area contributed by atoms with Crippen LogP contribution in [0.25, 0.3) is 20.5 Å². The van der Waals surface area contributed by atoms with Crippen LogP contribution >= 0.6 is 11.3 Å². The molecule has 0 aliphatic rings. The summed E-state index contributed by atoms with van der Waals surface area (Å²) < 4.78 is 12.0. The molecule has 0 unspecified atom stereocenters. The highest BCUT2D eigenvalue weighted by atomic mass is 32.1. The van der Waals surface area contributed by atoms with Crippen molar-refractivity contribution in [2.24, 2.45) is 0 Å². The molecule has 4 heteroatoms. The summed E-state index contributed by atoms with van der Waals surface area (Å²) in [5.41, 5.74) is 1.14. The van der Waals surface area contributed by atoms with E-state index in [1.54, 1.807) is 31.8 Å². The van der Waals surface area contributed by atoms with Gasteiger partial charge in [-0.25, -0.2) is 0 Å². The summed E-state index contributed by atoms with van der Waals surface area (Å²) in [6.07, 6.45) is 3.56. The van der Waals surface area contributed by atoms with Crippen molar-refractivity contribution in [2.75, 3.05) is 14.2 Å². The minimum absolute atomic E-state index is 0.743. The molecule has 2 heterocycles. The molecular formula is C15H13NO2S. The fourth-order valence-corrected chi connectivity index (χ4v) is 3.28. The van der Waals surface area contributed by atoms with Crippen LogP contribution in [0.3, 0.4) is 0 Å². The number of nitrogens with zero attached hydrogens (tertiary/aromatic N) is 1. The number of methoxy groups -OCH3 is 2. The van der Waals surface area contributed by atoms with E-state index in [4.69, 9.17) is 9.47 Å². The van der Waals surface area contributed by atoms with Gasteiger partial charge in [-0.3, -0.25) is 4.98 Å². The second-order valence-corrected chi connectivity index (χ2v) is 5.10. The molecule has 0 radical (unpaired) electrons. The average Bonchev–Trinajstić information content (AvgIpc) is 2.86. The Balaban J connectivity index is 2.32. The summed E-state index contributed by atoms with van der Waals surface area (Å²) in [6.45, 7) is 0. The number of benzene rings is 1. The van der Waals surface area contributed by atoms with E-state index in [1.807, 2.05) is 24.4 Å². The minimum Gasteiger partial charge on any atom is -0.494 e. The summed E-state index contributed by atoms with van der Waals surface area (Å²) >= 11 is 1.66. The molecule has 0 N–H and O–H groups in total. The lowest BCUT2D eigenvalue weighted by molar-refractivity contribution is 0.406. The quantitative estimate of drug-likeness (QED) is 0.722. The van der Waals surface area contributed by atoms with E-state index in [-0.39, 0.29) is 0 Å². The van der Waals surface area contributed by atoms with E-state index in [2.05, 4.69) is 17.1 Å². The van der Waals surface area contributed by atoms with Crippen molar-refractivity contribution in [3.05, 3.63) is 42.7 Å². The van der Waals surface area contributed by atoms with E-state index in [0.29, 0.717) is 0 Å². The van der Waals surface area contributed by atoms with Gasteiger partial charge in [-0.2, -0.15) is 0 Å². The van der Waals surface area contributed by atoms with Gasteiger partial charge in [0.15, 0.2) is 0 Å². The molecule has 0 saturated carbocycles. The second kappa shape index (κ2) is 4.90. The first-order valence-electron chi connectivity index (χ1n) is 5.89. The zero-order valence-corrected chi connectivity index (χ0v) is 11.5. The first-order valence-corrected chi connectivity index (χ1v) is 6.70. The number of fused-ring (bicyclic) bond motifs is 1. The molecule has 0 aliphatic carbocycles. The Kier molecular flexibility index (Phi) is 3.09. The third kappa shape index (κ3) is 1.94. The van der Waals surface area contributed by atoms with Crippen molar-refractivity contribution in [2.45, 2.75) is 0 Å². The van der Waals surface area contributed by atoms with Crippen LogP contribution in [-0.4, -0.2) is 19.2 Å². The second-order valence-electron chi connectivity index (χ2n) is 4.05. The van der Waals surface area contributed by atoms with Gasteiger partial charge in [0.25, 0.3) is 0 Å². The lowest BCUT2D eigenvalue weighted by atomic mass is 10.1. The fraction of sp³-hybridized carbons (Fsp3) is 0.133. The molecule has 0 amide bonds. The molecule has 3 rings (SSSR count). The third-order valence-electron chi connectivity index (χ3n) is 2.98. The van der Waals surface area contributed by atoms with Crippen molar-refractivity contribution in [1.82, 2.24) is 4.98 Å². The lowest BCUT2D eigenvalue weighted by Crippen LogP contribution is -1.88. The zero-order chi connectivity index (χ0) is 13.2. The maximum absolute atomic E-state index is 5.60. The highest BCUT2D eigenvalue weighted by Crippen LogP contribution is 2.47. The van der Waals surface area contributed by atoms with Crippen LogP contribution in [0.2, 0.25) is 0 Å². The molecular weight excluding hydrogens is 258 g/mol. The first kappa shape index (κ1) is 12.0. The maximum atomic E-state index is 5.60. The van der Waals surface area contributed by atoms with Crippen LogP contribution in [0, 0.1) is 0 Å². The Labute approximate surface area is 115 Å². The van der Waals surface area contributed by atoms with Gasteiger partial charge >= 0.3 is 0 Å². The van der Waals surface area contributed by atoms with Gasteiger partial charge in [0.2, 0.25) is 0 Å². The van der Waals surface area contributed by atoms with Gasteiger partial charge in [-0.15, -0.1) is 11.3 Å². The monoisotopic (exact) mass is 271 g/mol. The smallest absolute Gasteiger partial charge is 0.149 e. The molecule has 2 aromatic heterocycles. The number of pyridine rings is 1. The molecule has 0 spiro atoms. The molecule has 0 fully saturated rings. The van der Waals surface area contributed by atoms with E-state index >= 15 is 0 Å². The van der Waals surface area contributed by atoms with E-state index in [0.717, 1.165) is 32.0 Å². The van der Waals surface area contributed by atoms with E-state index < -0.39 is 0 Å². The van der Waals surface area contributed by atoms with Crippen molar-refractivity contribution >= 4 is 21.4 Å². The normalized spacial score (nSPS) is 10.6. The molecule has 0 aliphatic heterocycles. The number of rotatable bonds is 3. The lowest BCUT2D eigenvalue weighted by Gasteiger charge is -2.05. The Hall–Kier alpha value is -2.07. The number of aromatic nitrogens is 1. The highest BCUT2D eigenvalue weighted by molar-refractivity contribution is 7.22. The summed E-state index contributed by atoms with van der Waals surface area (Å²) in [7, 11) is 3.34. The Morgan fingerprint density at radius 3 is 2.47 bits per heavy atom. The van der Waals surface area contributed by atoms with Crippen LogP contribution in [0.5, 0.6) is 11.5 Å². The molecule has 0 saturated heterocycles. The van der Waals surface area contributed by atoms with Crippen LogP contribution in [0.15, 0.2) is 42.7 Å². The van der Waals surface area contributed by atoms with E-state index in [9.17, 15) is 0 Å². The zero-order valence-electron chi connectivity index (χ0n) is 10.7. The molecule has 1 aromatic carbocycles. The average molecular weight is 271 g/mol. The van der Waals surface area contributed by atoms with Gasteiger partial charge in [-0.05, 0) is 5.56 Å². The predicted octanol–water partition coefficient (Wildman–Crippen LogP) is 3.98. The van der Waals surface area contributed by atoms with Gasteiger partial charge in [-0.1, -0.05) is 30.3 Å². The number of ether oxygens (including phenoxy) is 2. The van der Waals surface area contributed by atoms with Crippen LogP contribution in [0.4, 0.5) is 0 Å². The molecule has 19 heavy (non-hydrogen) atoms. The van der Waals surface area contributed by atoms with Gasteiger partial charge in [0.1, 0.15) is 11.5 Å².